The molecule has 4 heterocycles. The molecule has 35 heavy (non-hydrogen) atoms. The Kier molecular flexibility index (Phi) is 6.45. The molecule has 0 spiro atoms. The number of fused-ring (bicyclic) bond motifs is 1. The number of anilines is 2. The van der Waals surface area contributed by atoms with Crippen molar-refractivity contribution in [3.63, 3.8) is 0 Å². The number of ether oxygens (including phenoxy) is 1. The highest BCUT2D eigenvalue weighted by molar-refractivity contribution is 5.89. The summed E-state index contributed by atoms with van der Waals surface area (Å²) in [4.78, 5) is 40.7. The fourth-order valence-corrected chi connectivity index (χ4v) is 4.25. The normalized spacial score (nSPS) is 18.7. The molecular weight excluding hydrogens is 467 g/mol. The van der Waals surface area contributed by atoms with Crippen LogP contribution in [0.5, 0.6) is 0 Å². The van der Waals surface area contributed by atoms with Gasteiger partial charge in [0.2, 0.25) is 0 Å². The number of alkyl halides is 3. The second-order valence-corrected chi connectivity index (χ2v) is 8.57. The summed E-state index contributed by atoms with van der Waals surface area (Å²) in [6.07, 6.45) is -0.360. The van der Waals surface area contributed by atoms with Crippen molar-refractivity contribution in [2.45, 2.75) is 31.7 Å². The second-order valence-electron chi connectivity index (χ2n) is 8.57. The molecular formula is C22H26F3N7O3. The van der Waals surface area contributed by atoms with Crippen molar-refractivity contribution >= 4 is 28.7 Å². The van der Waals surface area contributed by atoms with E-state index in [0.717, 1.165) is 15.6 Å². The number of H-pyrrole nitrogens is 1. The van der Waals surface area contributed by atoms with Gasteiger partial charge in [-0.1, -0.05) is 0 Å². The number of likely N-dealkylation sites (N-methyl/N-ethyl adjacent to an activating group) is 1. The van der Waals surface area contributed by atoms with Crippen LogP contribution < -0.4 is 15.8 Å². The van der Waals surface area contributed by atoms with Gasteiger partial charge < -0.3 is 29.4 Å². The lowest BCUT2D eigenvalue weighted by atomic mass is 10.0. The predicted octanol–water partition coefficient (Wildman–Crippen LogP) is 2.74. The maximum Gasteiger partial charge on any atom is 0.417 e. The summed E-state index contributed by atoms with van der Waals surface area (Å²) in [6, 6.07) is -0.440. The van der Waals surface area contributed by atoms with Gasteiger partial charge in [-0.2, -0.15) is 13.2 Å². The van der Waals surface area contributed by atoms with Gasteiger partial charge in [-0.3, -0.25) is 4.79 Å². The molecule has 2 atom stereocenters. The van der Waals surface area contributed by atoms with Crippen LogP contribution in [0.2, 0.25) is 0 Å². The van der Waals surface area contributed by atoms with E-state index in [1.54, 1.807) is 6.20 Å². The number of carbonyl (C=O) groups excluding carboxylic acids is 1. The van der Waals surface area contributed by atoms with E-state index in [1.165, 1.54) is 26.1 Å². The number of pyridine rings is 1. The Labute approximate surface area is 198 Å². The molecule has 188 valence electrons. The zero-order chi connectivity index (χ0) is 25.5. The summed E-state index contributed by atoms with van der Waals surface area (Å²) < 4.78 is 45.9. The Morgan fingerprint density at radius 3 is 2.80 bits per heavy atom. The van der Waals surface area contributed by atoms with Crippen LogP contribution in [0.25, 0.3) is 11.2 Å². The van der Waals surface area contributed by atoms with E-state index in [0.29, 0.717) is 43.2 Å². The molecule has 1 fully saturated rings. The number of amides is 2. The molecule has 0 radical (unpaired) electrons. The van der Waals surface area contributed by atoms with Gasteiger partial charge in [0, 0.05) is 46.7 Å². The maximum atomic E-state index is 13.2. The van der Waals surface area contributed by atoms with Gasteiger partial charge in [-0.15, -0.1) is 0 Å². The molecule has 4 rings (SSSR count). The minimum absolute atomic E-state index is 0.378. The highest BCUT2D eigenvalue weighted by Gasteiger charge is 2.36. The number of nitrogens with one attached hydrogen (secondary N) is 2. The monoisotopic (exact) mass is 493 g/mol. The maximum absolute atomic E-state index is 13.2. The lowest BCUT2D eigenvalue weighted by Crippen LogP contribution is -2.56. The van der Waals surface area contributed by atoms with E-state index < -0.39 is 35.1 Å². The Morgan fingerprint density at radius 1 is 1.37 bits per heavy atom. The van der Waals surface area contributed by atoms with Crippen LogP contribution >= 0.6 is 0 Å². The van der Waals surface area contributed by atoms with Crippen molar-refractivity contribution < 1.29 is 22.7 Å². The summed E-state index contributed by atoms with van der Waals surface area (Å²) in [5.41, 5.74) is 0.225. The first-order chi connectivity index (χ1) is 16.5. The molecule has 1 saturated heterocycles. The molecule has 2 amide bonds. The van der Waals surface area contributed by atoms with Gasteiger partial charge in [-0.25, -0.2) is 14.8 Å². The Hall–Kier alpha value is -3.61. The highest BCUT2D eigenvalue weighted by atomic mass is 19.4. The number of piperidine rings is 1. The molecule has 3 aromatic rings. The average Bonchev–Trinajstić information content (AvgIpc) is 3.20. The van der Waals surface area contributed by atoms with Crippen LogP contribution in [-0.4, -0.2) is 69.8 Å². The lowest BCUT2D eigenvalue weighted by molar-refractivity contribution is -0.138. The summed E-state index contributed by atoms with van der Waals surface area (Å²) in [5.74, 6) is 0.681. The molecule has 3 aromatic heterocycles. The van der Waals surface area contributed by atoms with Crippen LogP contribution in [0, 0.1) is 6.92 Å². The molecule has 0 aromatic carbocycles. The number of aromatic nitrogens is 4. The van der Waals surface area contributed by atoms with Crippen LogP contribution in [0.4, 0.5) is 29.5 Å². The fourth-order valence-electron chi connectivity index (χ4n) is 4.25. The second kappa shape index (κ2) is 9.21. The van der Waals surface area contributed by atoms with Crippen LogP contribution in [0.15, 0.2) is 29.5 Å². The number of aryl methyl sites for hydroxylation is 2. The third-order valence-electron chi connectivity index (χ3n) is 6.28. The van der Waals surface area contributed by atoms with Crippen LogP contribution in [0.1, 0.15) is 17.5 Å². The van der Waals surface area contributed by atoms with E-state index in [4.69, 9.17) is 4.74 Å². The SMILES string of the molecule is CO[C@H]1CN(c2cnc3[nH]cc(C)c3n2)CC[C@H]1N(C)C(=O)Nc1cc(C(F)(F)F)cn(C)c1=O. The summed E-state index contributed by atoms with van der Waals surface area (Å²) in [5, 5.41) is 2.33. The minimum atomic E-state index is -4.66. The number of methoxy groups -OCH3 is 1. The number of hydrogen-bond donors (Lipinski definition) is 2. The number of nitrogens with zero attached hydrogens (tertiary/aromatic N) is 5. The number of urea groups is 1. The molecule has 0 bridgehead atoms. The summed E-state index contributed by atoms with van der Waals surface area (Å²) in [7, 11) is 4.25. The van der Waals surface area contributed by atoms with E-state index >= 15 is 0 Å². The van der Waals surface area contributed by atoms with Gasteiger partial charge in [0.15, 0.2) is 5.65 Å². The number of hydrogen-bond acceptors (Lipinski definition) is 6. The number of rotatable bonds is 4. The minimum Gasteiger partial charge on any atom is -0.377 e. The summed E-state index contributed by atoms with van der Waals surface area (Å²) >= 11 is 0. The first-order valence-corrected chi connectivity index (χ1v) is 10.9. The lowest BCUT2D eigenvalue weighted by Gasteiger charge is -2.42. The smallest absolute Gasteiger partial charge is 0.377 e. The third kappa shape index (κ3) is 4.81. The Bertz CT molecular complexity index is 1300. The third-order valence-corrected chi connectivity index (χ3v) is 6.28. The molecule has 0 saturated carbocycles. The van der Waals surface area contributed by atoms with Crippen molar-refractivity contribution in [2.75, 3.05) is 37.5 Å². The molecule has 0 aliphatic carbocycles. The average molecular weight is 493 g/mol. The first-order valence-electron chi connectivity index (χ1n) is 10.9. The molecule has 13 heteroatoms. The topological polar surface area (TPSA) is 108 Å². The fraction of sp³-hybridized carbons (Fsp3) is 0.455. The predicted molar refractivity (Wildman–Crippen MR) is 124 cm³/mol. The van der Waals surface area contributed by atoms with Crippen LogP contribution in [0.3, 0.4) is 0 Å². The van der Waals surface area contributed by atoms with E-state index in [1.807, 2.05) is 18.0 Å². The largest absolute Gasteiger partial charge is 0.417 e. The zero-order valence-electron chi connectivity index (χ0n) is 19.7. The number of aromatic amines is 1. The van der Waals surface area contributed by atoms with Crippen molar-refractivity contribution in [3.05, 3.63) is 46.1 Å². The molecule has 0 unspecified atom stereocenters. The van der Waals surface area contributed by atoms with Crippen LogP contribution in [-0.2, 0) is 18.0 Å². The highest BCUT2D eigenvalue weighted by Crippen LogP contribution is 2.30. The van der Waals surface area contributed by atoms with Gasteiger partial charge in [0.25, 0.3) is 5.56 Å². The first kappa shape index (κ1) is 24.5. The molecule has 1 aliphatic rings. The van der Waals surface area contributed by atoms with Crippen molar-refractivity contribution in [1.29, 1.82) is 0 Å². The molecule has 1 aliphatic heterocycles. The van der Waals surface area contributed by atoms with Gasteiger partial charge in [0.1, 0.15) is 17.0 Å². The zero-order valence-corrected chi connectivity index (χ0v) is 19.7. The van der Waals surface area contributed by atoms with Crippen molar-refractivity contribution in [1.82, 2.24) is 24.4 Å². The van der Waals surface area contributed by atoms with E-state index in [9.17, 15) is 22.8 Å². The number of carbonyl (C=O) groups is 1. The van der Waals surface area contributed by atoms with E-state index in [-0.39, 0.29) is 6.04 Å². The molecule has 2 N–H and O–H groups in total. The van der Waals surface area contributed by atoms with Gasteiger partial charge in [0.05, 0.1) is 23.9 Å². The standard InChI is InChI=1S/C22H26F3N7O3/c1-12-8-26-19-18(12)29-17(9-27-19)32-6-5-15(16(11-32)35-4)31(3)21(34)28-14-7-13(22(23,24)25)10-30(2)20(14)33/h7-10,15-16H,5-6,11H2,1-4H3,(H,26,27)(H,28,34)/t15-,16+/m1/s1. The van der Waals surface area contributed by atoms with Gasteiger partial charge >= 0.3 is 12.2 Å². The number of halogens is 3. The van der Waals surface area contributed by atoms with Crippen molar-refractivity contribution in [2.24, 2.45) is 7.05 Å². The molecule has 10 nitrogen and oxygen atoms in total. The quantitative estimate of drug-likeness (QED) is 0.579. The van der Waals surface area contributed by atoms with Gasteiger partial charge in [-0.05, 0) is 25.0 Å². The van der Waals surface area contributed by atoms with E-state index in [2.05, 4.69) is 20.3 Å². The summed E-state index contributed by atoms with van der Waals surface area (Å²) in [6.45, 7) is 2.91. The Balaban J connectivity index is 1.49. The Morgan fingerprint density at radius 2 is 2.11 bits per heavy atom. The van der Waals surface area contributed by atoms with Crippen molar-refractivity contribution in [3.8, 4) is 0 Å².